The fraction of sp³-hybridized carbons (Fsp3) is 0.615. The minimum absolute atomic E-state index is 0.308. The summed E-state index contributed by atoms with van der Waals surface area (Å²) < 4.78 is 11.9. The van der Waals surface area contributed by atoms with Crippen LogP contribution in [0.1, 0.15) is 34.6 Å². The smallest absolute Gasteiger partial charge is 0.399 e. The molecule has 2 rings (SSSR count). The number of hydrogen-bond donors (Lipinski definition) is 1. The predicted molar refractivity (Wildman–Crippen MR) is 74.1 cm³/mol. The van der Waals surface area contributed by atoms with E-state index in [-0.39, 0.29) is 18.3 Å². The van der Waals surface area contributed by atoms with Gasteiger partial charge in [-0.05, 0) is 40.7 Å². The van der Waals surface area contributed by atoms with E-state index in [4.69, 9.17) is 9.31 Å². The van der Waals surface area contributed by atoms with Crippen molar-refractivity contribution in [3.8, 4) is 0 Å². The van der Waals surface area contributed by atoms with Gasteiger partial charge in [0.05, 0.1) is 11.2 Å². The van der Waals surface area contributed by atoms with Crippen molar-refractivity contribution in [2.45, 2.75) is 45.8 Å². The third kappa shape index (κ3) is 2.38. The Hall–Kier alpha value is -1.07. The van der Waals surface area contributed by atoms with Gasteiger partial charge in [0, 0.05) is 18.2 Å². The molecule has 1 saturated heterocycles. The van der Waals surface area contributed by atoms with Crippen molar-refractivity contribution in [1.29, 1.82) is 0 Å². The molecule has 1 aromatic heterocycles. The van der Waals surface area contributed by atoms with Crippen molar-refractivity contribution in [1.82, 2.24) is 4.98 Å². The molecule has 0 unspecified atom stereocenters. The number of anilines is 1. The fourth-order valence-electron chi connectivity index (χ4n) is 1.81. The Morgan fingerprint density at radius 2 is 1.78 bits per heavy atom. The van der Waals surface area contributed by atoms with Crippen LogP contribution in [-0.4, -0.2) is 29.8 Å². The molecule has 98 valence electrons. The fourth-order valence-corrected chi connectivity index (χ4v) is 1.81. The van der Waals surface area contributed by atoms with Crippen LogP contribution in [0.3, 0.4) is 0 Å². The highest BCUT2D eigenvalue weighted by atomic mass is 16.7. The van der Waals surface area contributed by atoms with Crippen molar-refractivity contribution >= 4 is 18.4 Å². The number of hydrogen-bond acceptors (Lipinski definition) is 4. The summed E-state index contributed by atoms with van der Waals surface area (Å²) in [7, 11) is -0.335. The Bertz CT molecular complexity index is 402. The van der Waals surface area contributed by atoms with Crippen molar-refractivity contribution in [2.75, 3.05) is 11.9 Å². The quantitative estimate of drug-likeness (QED) is 0.828. The first-order valence-electron chi connectivity index (χ1n) is 6.41. The summed E-state index contributed by atoms with van der Waals surface area (Å²) in [5.74, 6) is 0.873. The Kier molecular flexibility index (Phi) is 3.38. The maximum Gasteiger partial charge on any atom is 0.496 e. The zero-order valence-electron chi connectivity index (χ0n) is 11.8. The standard InChI is InChI=1S/C13H21BN2O2/c1-6-15-11-8-7-10(9-16-11)14-17-12(2,3)13(4,5)18-14/h7-9H,6H2,1-5H3,(H,15,16). The van der Waals surface area contributed by atoms with Crippen LogP contribution in [0.25, 0.3) is 0 Å². The molecule has 0 aromatic carbocycles. The van der Waals surface area contributed by atoms with Gasteiger partial charge in [0.1, 0.15) is 5.82 Å². The number of pyridine rings is 1. The highest BCUT2D eigenvalue weighted by Crippen LogP contribution is 2.36. The van der Waals surface area contributed by atoms with Crippen molar-refractivity contribution < 1.29 is 9.31 Å². The van der Waals surface area contributed by atoms with Crippen LogP contribution in [0.5, 0.6) is 0 Å². The van der Waals surface area contributed by atoms with Crippen LogP contribution < -0.4 is 10.8 Å². The van der Waals surface area contributed by atoms with Crippen molar-refractivity contribution in [3.05, 3.63) is 18.3 Å². The Morgan fingerprint density at radius 1 is 1.17 bits per heavy atom. The highest BCUT2D eigenvalue weighted by molar-refractivity contribution is 6.62. The molecule has 0 amide bonds. The zero-order valence-corrected chi connectivity index (χ0v) is 11.8. The SMILES string of the molecule is CCNc1ccc(B2OC(C)(C)C(C)(C)O2)cn1. The summed E-state index contributed by atoms with van der Waals surface area (Å²) in [6.45, 7) is 11.1. The van der Waals surface area contributed by atoms with Gasteiger partial charge >= 0.3 is 7.12 Å². The van der Waals surface area contributed by atoms with Gasteiger partial charge in [-0.2, -0.15) is 0 Å². The summed E-state index contributed by atoms with van der Waals surface area (Å²) in [6, 6.07) is 3.94. The van der Waals surface area contributed by atoms with Gasteiger partial charge in [0.2, 0.25) is 0 Å². The van der Waals surface area contributed by atoms with Crippen LogP contribution in [0.2, 0.25) is 0 Å². The minimum atomic E-state index is -0.335. The van der Waals surface area contributed by atoms with E-state index in [1.807, 2.05) is 46.8 Å². The first kappa shape index (κ1) is 13.4. The van der Waals surface area contributed by atoms with Crippen molar-refractivity contribution in [2.24, 2.45) is 0 Å². The monoisotopic (exact) mass is 248 g/mol. The number of nitrogens with one attached hydrogen (secondary N) is 1. The van der Waals surface area contributed by atoms with Gasteiger partial charge in [-0.25, -0.2) is 4.98 Å². The molecule has 2 heterocycles. The second-order valence-electron chi connectivity index (χ2n) is 5.60. The van der Waals surface area contributed by atoms with E-state index < -0.39 is 0 Å². The molecule has 1 N–H and O–H groups in total. The molecule has 4 nitrogen and oxygen atoms in total. The van der Waals surface area contributed by atoms with Gasteiger partial charge in [0.25, 0.3) is 0 Å². The van der Waals surface area contributed by atoms with E-state index >= 15 is 0 Å². The first-order valence-corrected chi connectivity index (χ1v) is 6.41. The second-order valence-corrected chi connectivity index (χ2v) is 5.60. The molecule has 0 spiro atoms. The van der Waals surface area contributed by atoms with E-state index in [0.29, 0.717) is 0 Å². The van der Waals surface area contributed by atoms with Gasteiger partial charge < -0.3 is 14.6 Å². The maximum absolute atomic E-state index is 5.97. The minimum Gasteiger partial charge on any atom is -0.399 e. The molecule has 5 heteroatoms. The normalized spacial score (nSPS) is 21.1. The second kappa shape index (κ2) is 4.55. The lowest BCUT2D eigenvalue weighted by atomic mass is 9.80. The van der Waals surface area contributed by atoms with Crippen LogP contribution in [0, 0.1) is 0 Å². The molecule has 0 saturated carbocycles. The molecule has 0 aliphatic carbocycles. The lowest BCUT2D eigenvalue weighted by molar-refractivity contribution is 0.00578. The van der Waals surface area contributed by atoms with E-state index in [9.17, 15) is 0 Å². The largest absolute Gasteiger partial charge is 0.496 e. The Labute approximate surface area is 109 Å². The molecule has 1 aromatic rings. The summed E-state index contributed by atoms with van der Waals surface area (Å²) >= 11 is 0. The average Bonchev–Trinajstić information content (AvgIpc) is 2.50. The van der Waals surface area contributed by atoms with Crippen molar-refractivity contribution in [3.63, 3.8) is 0 Å². The molecule has 0 radical (unpaired) electrons. The zero-order chi connectivity index (χ0) is 13.4. The first-order chi connectivity index (χ1) is 8.36. The molecule has 1 aliphatic heterocycles. The van der Waals surface area contributed by atoms with E-state index in [0.717, 1.165) is 17.8 Å². The number of rotatable bonds is 3. The molecular formula is C13H21BN2O2. The van der Waals surface area contributed by atoms with E-state index in [2.05, 4.69) is 10.3 Å². The van der Waals surface area contributed by atoms with Gasteiger partial charge in [-0.1, -0.05) is 6.07 Å². The van der Waals surface area contributed by atoms with E-state index in [1.54, 1.807) is 6.20 Å². The van der Waals surface area contributed by atoms with Gasteiger partial charge in [-0.3, -0.25) is 0 Å². The lowest BCUT2D eigenvalue weighted by Crippen LogP contribution is -2.41. The molecule has 1 fully saturated rings. The average molecular weight is 248 g/mol. The predicted octanol–water partition coefficient (Wildman–Crippen LogP) is 1.81. The molecule has 18 heavy (non-hydrogen) atoms. The van der Waals surface area contributed by atoms with E-state index in [1.165, 1.54) is 0 Å². The summed E-state index contributed by atoms with van der Waals surface area (Å²) in [4.78, 5) is 4.34. The van der Waals surface area contributed by atoms with Crippen LogP contribution in [0.4, 0.5) is 5.82 Å². The topological polar surface area (TPSA) is 43.4 Å². The summed E-state index contributed by atoms with van der Waals surface area (Å²) in [5.41, 5.74) is 0.339. The maximum atomic E-state index is 5.97. The Morgan fingerprint density at radius 3 is 2.22 bits per heavy atom. The van der Waals surface area contributed by atoms with Crippen LogP contribution in [0.15, 0.2) is 18.3 Å². The number of aromatic nitrogens is 1. The molecule has 0 bridgehead atoms. The third-order valence-electron chi connectivity index (χ3n) is 3.67. The third-order valence-corrected chi connectivity index (χ3v) is 3.67. The van der Waals surface area contributed by atoms with Crippen LogP contribution in [-0.2, 0) is 9.31 Å². The Balaban J connectivity index is 2.14. The molecule has 0 atom stereocenters. The van der Waals surface area contributed by atoms with Gasteiger partial charge in [-0.15, -0.1) is 0 Å². The molecular weight excluding hydrogens is 227 g/mol. The highest BCUT2D eigenvalue weighted by Gasteiger charge is 2.51. The lowest BCUT2D eigenvalue weighted by Gasteiger charge is -2.32. The molecule has 1 aliphatic rings. The summed E-state index contributed by atoms with van der Waals surface area (Å²) in [5, 5.41) is 3.17. The summed E-state index contributed by atoms with van der Waals surface area (Å²) in [6.07, 6.45) is 1.81. The number of nitrogens with zero attached hydrogens (tertiary/aromatic N) is 1. The van der Waals surface area contributed by atoms with Gasteiger partial charge in [0.15, 0.2) is 0 Å². The van der Waals surface area contributed by atoms with Crippen LogP contribution >= 0.6 is 0 Å².